The van der Waals surface area contributed by atoms with E-state index < -0.39 is 0 Å². The third-order valence-electron chi connectivity index (χ3n) is 4.50. The second kappa shape index (κ2) is 8.03. The van der Waals surface area contributed by atoms with Crippen molar-refractivity contribution in [3.63, 3.8) is 0 Å². The van der Waals surface area contributed by atoms with E-state index >= 15 is 0 Å². The fourth-order valence-corrected chi connectivity index (χ4v) is 3.89. The fraction of sp³-hybridized carbons (Fsp3) is 0. The number of anilines is 1. The summed E-state index contributed by atoms with van der Waals surface area (Å²) in [5, 5.41) is 6.15. The highest BCUT2D eigenvalue weighted by atomic mass is 35.5. The van der Waals surface area contributed by atoms with Crippen LogP contribution in [-0.2, 0) is 0 Å². The minimum absolute atomic E-state index is 0.109. The molecule has 5 aromatic rings. The van der Waals surface area contributed by atoms with Crippen LogP contribution in [0.1, 0.15) is 10.4 Å². The molecule has 10 heteroatoms. The highest BCUT2D eigenvalue weighted by Crippen LogP contribution is 2.30. The minimum Gasteiger partial charge on any atom is -0.436 e. The van der Waals surface area contributed by atoms with Crippen molar-refractivity contribution in [2.45, 2.75) is 0 Å². The largest absolute Gasteiger partial charge is 0.436 e. The van der Waals surface area contributed by atoms with Gasteiger partial charge in [-0.25, -0.2) is 4.98 Å². The maximum Gasteiger partial charge on any atom is 0.257 e. The first kappa shape index (κ1) is 19.6. The molecule has 0 saturated heterocycles. The lowest BCUT2D eigenvalue weighted by molar-refractivity contribution is 0.0978. The lowest BCUT2D eigenvalue weighted by atomic mass is 10.2. The van der Waals surface area contributed by atoms with E-state index in [2.05, 4.69) is 24.4 Å². The number of amides is 1. The Kier molecular flexibility index (Phi) is 5.06. The van der Waals surface area contributed by atoms with Crippen molar-refractivity contribution in [1.82, 2.24) is 19.0 Å². The average Bonchev–Trinajstić information content (AvgIpc) is 3.41. The van der Waals surface area contributed by atoms with E-state index in [1.54, 1.807) is 36.4 Å². The molecular weight excluding hydrogens is 454 g/mol. The van der Waals surface area contributed by atoms with Gasteiger partial charge in [-0.1, -0.05) is 23.7 Å². The molecule has 0 spiro atoms. The van der Waals surface area contributed by atoms with Crippen LogP contribution in [0.15, 0.2) is 65.1 Å². The summed E-state index contributed by atoms with van der Waals surface area (Å²) in [5.74, 6) is 0.0969. The molecule has 0 saturated carbocycles. The Morgan fingerprint density at radius 2 is 1.84 bits per heavy atom. The number of oxazole rings is 1. The molecule has 0 aliphatic rings. The van der Waals surface area contributed by atoms with Gasteiger partial charge in [-0.2, -0.15) is 8.75 Å². The van der Waals surface area contributed by atoms with Crippen LogP contribution in [0.2, 0.25) is 5.02 Å². The van der Waals surface area contributed by atoms with Crippen LogP contribution in [0.25, 0.3) is 33.6 Å². The van der Waals surface area contributed by atoms with Crippen molar-refractivity contribution in [3.05, 3.63) is 71.2 Å². The first-order valence-corrected chi connectivity index (χ1v) is 10.6. The van der Waals surface area contributed by atoms with Crippen molar-refractivity contribution < 1.29 is 9.21 Å². The molecule has 1 amide bonds. The number of nitrogens with zero attached hydrogens (tertiary/aromatic N) is 3. The van der Waals surface area contributed by atoms with Crippen molar-refractivity contribution in [1.29, 1.82) is 0 Å². The number of benzene rings is 3. The molecule has 5 rings (SSSR count). The van der Waals surface area contributed by atoms with Gasteiger partial charge < -0.3 is 9.73 Å². The van der Waals surface area contributed by atoms with Crippen molar-refractivity contribution in [2.75, 3.05) is 5.32 Å². The molecule has 0 fully saturated rings. The third kappa shape index (κ3) is 3.98. The Bertz CT molecular complexity index is 1430. The number of fused-ring (bicyclic) bond motifs is 2. The zero-order valence-corrected chi connectivity index (χ0v) is 18.0. The van der Waals surface area contributed by atoms with Crippen LogP contribution < -0.4 is 10.6 Å². The number of carbonyl (C=O) groups is 1. The van der Waals surface area contributed by atoms with Crippen LogP contribution in [0.4, 0.5) is 5.69 Å². The van der Waals surface area contributed by atoms with Gasteiger partial charge in [0.2, 0.25) is 5.89 Å². The molecule has 0 unspecified atom stereocenters. The average molecular weight is 466 g/mol. The molecular formula is C21H12ClN5O2S2. The topological polar surface area (TPSA) is 92.9 Å². The van der Waals surface area contributed by atoms with Crippen molar-refractivity contribution >= 4 is 74.4 Å². The van der Waals surface area contributed by atoms with Gasteiger partial charge in [0.05, 0.1) is 22.4 Å². The molecule has 0 bridgehead atoms. The summed E-state index contributed by atoms with van der Waals surface area (Å²) in [6, 6.07) is 17.9. The Balaban J connectivity index is 1.34. The van der Waals surface area contributed by atoms with Gasteiger partial charge in [0, 0.05) is 11.1 Å². The molecule has 152 valence electrons. The van der Waals surface area contributed by atoms with E-state index in [1.807, 2.05) is 24.3 Å². The van der Waals surface area contributed by atoms with Crippen LogP contribution in [0.5, 0.6) is 0 Å². The van der Waals surface area contributed by atoms with E-state index in [1.165, 1.54) is 0 Å². The lowest BCUT2D eigenvalue weighted by Crippen LogP contribution is -2.34. The van der Waals surface area contributed by atoms with Gasteiger partial charge in [0.25, 0.3) is 5.91 Å². The molecule has 0 aliphatic carbocycles. The number of nitrogens with one attached hydrogen (secondary N) is 2. The van der Waals surface area contributed by atoms with Gasteiger partial charge in [-0.15, -0.1) is 0 Å². The van der Waals surface area contributed by atoms with Gasteiger partial charge in [0.15, 0.2) is 10.7 Å². The maximum atomic E-state index is 12.5. The summed E-state index contributed by atoms with van der Waals surface area (Å²) in [7, 11) is 0. The number of hydrogen-bond acceptors (Lipinski definition) is 7. The summed E-state index contributed by atoms with van der Waals surface area (Å²) in [6.07, 6.45) is 0. The Labute approximate surface area is 190 Å². The van der Waals surface area contributed by atoms with Crippen LogP contribution >= 0.6 is 35.5 Å². The second-order valence-electron chi connectivity index (χ2n) is 6.56. The van der Waals surface area contributed by atoms with Gasteiger partial charge >= 0.3 is 0 Å². The Morgan fingerprint density at radius 1 is 1.00 bits per heavy atom. The van der Waals surface area contributed by atoms with Gasteiger partial charge in [-0.05, 0) is 60.7 Å². The zero-order chi connectivity index (χ0) is 21.4. The summed E-state index contributed by atoms with van der Waals surface area (Å²) < 4.78 is 14.1. The van der Waals surface area contributed by atoms with Crippen LogP contribution in [0, 0.1) is 0 Å². The van der Waals surface area contributed by atoms with Crippen molar-refractivity contribution in [3.8, 4) is 11.5 Å². The van der Waals surface area contributed by atoms with E-state index in [-0.39, 0.29) is 11.0 Å². The molecule has 31 heavy (non-hydrogen) atoms. The predicted molar refractivity (Wildman–Crippen MR) is 126 cm³/mol. The molecule has 0 atom stereocenters. The summed E-state index contributed by atoms with van der Waals surface area (Å²) in [4.78, 5) is 17.0. The lowest BCUT2D eigenvalue weighted by Gasteiger charge is -2.11. The summed E-state index contributed by atoms with van der Waals surface area (Å²) in [6.45, 7) is 0. The van der Waals surface area contributed by atoms with Crippen LogP contribution in [-0.4, -0.2) is 24.8 Å². The third-order valence-corrected chi connectivity index (χ3v) is 5.59. The minimum atomic E-state index is -0.362. The molecule has 0 radical (unpaired) electrons. The molecule has 0 aliphatic heterocycles. The number of rotatable bonds is 3. The van der Waals surface area contributed by atoms with Gasteiger partial charge in [-0.3, -0.25) is 10.1 Å². The SMILES string of the molecule is O=C(NC(=S)Nc1cc(-c2nc3ccccc3o2)ccc1Cl)c1ccc2nsnc2c1. The predicted octanol–water partition coefficient (Wildman–Crippen LogP) is 5.28. The monoisotopic (exact) mass is 465 g/mol. The number of thiocarbonyl (C=S) groups is 1. The quantitative estimate of drug-likeness (QED) is 0.350. The normalized spacial score (nSPS) is 11.0. The molecule has 2 heterocycles. The Morgan fingerprint density at radius 3 is 2.71 bits per heavy atom. The number of aromatic nitrogens is 3. The molecule has 2 aromatic heterocycles. The highest BCUT2D eigenvalue weighted by molar-refractivity contribution is 7.80. The van der Waals surface area contributed by atoms with Crippen molar-refractivity contribution in [2.24, 2.45) is 0 Å². The highest BCUT2D eigenvalue weighted by Gasteiger charge is 2.13. The standard InChI is InChI=1S/C21H12ClN5O2S2/c22-13-7-5-12(20-23-15-3-1-2-4-18(15)29-20)10-16(13)24-21(30)25-19(28)11-6-8-14-17(9-11)27-31-26-14/h1-10H,(H2,24,25,28,30). The Hall–Kier alpha value is -3.40. The fourth-order valence-electron chi connectivity index (χ4n) is 3.00. The number of halogens is 1. The van der Waals surface area contributed by atoms with Crippen LogP contribution in [0.3, 0.4) is 0 Å². The van der Waals surface area contributed by atoms with E-state index in [0.29, 0.717) is 33.3 Å². The molecule has 7 nitrogen and oxygen atoms in total. The van der Waals surface area contributed by atoms with Gasteiger partial charge in [0.1, 0.15) is 16.6 Å². The van der Waals surface area contributed by atoms with E-state index in [9.17, 15) is 4.79 Å². The number of hydrogen-bond donors (Lipinski definition) is 2. The maximum absolute atomic E-state index is 12.5. The first-order chi connectivity index (χ1) is 15.1. The second-order valence-corrected chi connectivity index (χ2v) is 7.90. The van der Waals surface area contributed by atoms with E-state index in [4.69, 9.17) is 28.2 Å². The summed E-state index contributed by atoms with van der Waals surface area (Å²) in [5.41, 5.74) is 4.52. The van der Waals surface area contributed by atoms with E-state index in [0.717, 1.165) is 28.3 Å². The smallest absolute Gasteiger partial charge is 0.257 e. The summed E-state index contributed by atoms with van der Waals surface area (Å²) >= 11 is 12.7. The molecule has 2 N–H and O–H groups in total. The zero-order valence-electron chi connectivity index (χ0n) is 15.6. The molecule has 3 aromatic carbocycles. The number of carbonyl (C=O) groups excluding carboxylic acids is 1. The first-order valence-electron chi connectivity index (χ1n) is 9.07. The number of para-hydroxylation sites is 2.